The Morgan fingerprint density at radius 3 is 1.12 bits per heavy atom. The van der Waals surface area contributed by atoms with E-state index < -0.39 is 61.8 Å². The quantitative estimate of drug-likeness (QED) is 0.0287. The SMILES string of the molecule is C.C=C1C(C[C@@H]2O[C@H](C[C@@H](CO[Si](C)(C)C(C)(C)C)O[Si](C)(C)C(C)(C)C)[C@H](OC)[C@H]2Cc2ccccc2)OC(CC[C@@H]2O[C@@H](CCCO)CC2=C)C[C@H]1C.C=C1C(C[C@@H]2O[C@H](C[C@@H](CO[Si](C)(C)C(C)(C)C)O[Si](C)(C)C(C)(C)C)[C@H](OC)[C@H]2Cc2ccccc2)OC(CC[C@@H]2O[C@@H](CCCOC(=O)C(C)(C)C)CC2=C)C[C@H]1C.O=S=O.O=S=O. The zero-order chi connectivity index (χ0) is 90.3. The third kappa shape index (κ3) is 33.7. The lowest BCUT2D eigenvalue weighted by Crippen LogP contribution is -2.49. The summed E-state index contributed by atoms with van der Waals surface area (Å²) in [4.78, 5) is 12.2. The number of methoxy groups -OCH3 is 2. The van der Waals surface area contributed by atoms with Crippen LogP contribution in [0.5, 0.6) is 0 Å². The van der Waals surface area contributed by atoms with Crippen LogP contribution >= 0.6 is 0 Å². The summed E-state index contributed by atoms with van der Waals surface area (Å²) >= 11 is -1.50. The van der Waals surface area contributed by atoms with Crippen molar-refractivity contribution in [3.05, 3.63) is 120 Å². The molecular formula is C96H168O19S2Si4. The first kappa shape index (κ1) is 110. The van der Waals surface area contributed by atoms with Crippen LogP contribution in [0.4, 0.5) is 0 Å². The highest BCUT2D eigenvalue weighted by Crippen LogP contribution is 2.48. The Morgan fingerprint density at radius 2 is 0.802 bits per heavy atom. The molecule has 8 rings (SSSR count). The first-order valence-corrected chi connectivity index (χ1v) is 57.7. The van der Waals surface area contributed by atoms with Gasteiger partial charge < -0.3 is 65.4 Å². The van der Waals surface area contributed by atoms with Gasteiger partial charge in [0.2, 0.25) is 0 Å². The number of hydrogen-bond donors (Lipinski definition) is 1. The predicted molar refractivity (Wildman–Crippen MR) is 502 cm³/mol. The highest BCUT2D eigenvalue weighted by atomic mass is 32.1. The number of rotatable bonds is 37. The molecule has 2 aromatic carbocycles. The Labute approximate surface area is 745 Å². The van der Waals surface area contributed by atoms with Gasteiger partial charge in [0.05, 0.1) is 123 Å². The van der Waals surface area contributed by atoms with Crippen LogP contribution in [-0.2, 0) is 101 Å². The molecule has 6 aliphatic heterocycles. The van der Waals surface area contributed by atoms with Gasteiger partial charge in [0.15, 0.2) is 33.3 Å². The van der Waals surface area contributed by atoms with Crippen LogP contribution in [0.2, 0.25) is 72.5 Å². The number of benzene rings is 2. The summed E-state index contributed by atoms with van der Waals surface area (Å²) in [5.41, 5.74) is 6.73. The fourth-order valence-electron chi connectivity index (χ4n) is 16.4. The average Bonchev–Trinajstić information content (AvgIpc) is 1.68. The molecule has 694 valence electrons. The van der Waals surface area contributed by atoms with E-state index in [2.05, 4.69) is 236 Å². The van der Waals surface area contributed by atoms with Crippen LogP contribution in [0.1, 0.15) is 239 Å². The molecule has 121 heavy (non-hydrogen) atoms. The van der Waals surface area contributed by atoms with Gasteiger partial charge in [-0.15, -0.1) is 0 Å². The molecule has 0 bridgehead atoms. The highest BCUT2D eigenvalue weighted by molar-refractivity contribution is 7.52. The van der Waals surface area contributed by atoms with Gasteiger partial charge in [-0.3, -0.25) is 4.79 Å². The van der Waals surface area contributed by atoms with Gasteiger partial charge in [0, 0.05) is 58.3 Å². The summed E-state index contributed by atoms with van der Waals surface area (Å²) in [6.07, 6.45) is 14.7. The Balaban J connectivity index is 0.000000476. The van der Waals surface area contributed by atoms with Crippen molar-refractivity contribution in [1.29, 1.82) is 0 Å². The Hall–Kier alpha value is -3.14. The summed E-state index contributed by atoms with van der Waals surface area (Å²) in [6, 6.07) is 21.5. The van der Waals surface area contributed by atoms with E-state index in [0.29, 0.717) is 38.1 Å². The maximum Gasteiger partial charge on any atom is 0.335 e. The van der Waals surface area contributed by atoms with Gasteiger partial charge in [-0.05, 0) is 228 Å². The van der Waals surface area contributed by atoms with Crippen molar-refractivity contribution >= 4 is 62.4 Å². The third-order valence-corrected chi connectivity index (χ3v) is 46.1. The highest BCUT2D eigenvalue weighted by Gasteiger charge is 2.53. The molecule has 6 aliphatic rings. The van der Waals surface area contributed by atoms with E-state index >= 15 is 0 Å². The first-order chi connectivity index (χ1) is 55.7. The summed E-state index contributed by atoms with van der Waals surface area (Å²) in [7, 11) is -4.60. The number of aliphatic hydroxyl groups excluding tert-OH is 1. The number of carbonyl (C=O) groups is 1. The second-order valence-electron chi connectivity index (χ2n) is 42.4. The van der Waals surface area contributed by atoms with Crippen molar-refractivity contribution in [2.45, 2.75) is 411 Å². The molecule has 0 spiro atoms. The maximum atomic E-state index is 12.2. The Morgan fingerprint density at radius 1 is 0.471 bits per heavy atom. The molecule has 1 N–H and O–H groups in total. The van der Waals surface area contributed by atoms with Gasteiger partial charge >= 0.3 is 29.1 Å². The van der Waals surface area contributed by atoms with Crippen LogP contribution in [0.3, 0.4) is 0 Å². The number of esters is 1. The van der Waals surface area contributed by atoms with Gasteiger partial charge in [0.25, 0.3) is 0 Å². The van der Waals surface area contributed by atoms with Crippen LogP contribution in [-0.4, -0.2) is 199 Å². The predicted octanol–water partition coefficient (Wildman–Crippen LogP) is 21.8. The number of aliphatic hydroxyl groups is 1. The van der Waals surface area contributed by atoms with Crippen LogP contribution in [0, 0.1) is 29.1 Å². The molecule has 0 radical (unpaired) electrons. The lowest BCUT2D eigenvalue weighted by molar-refractivity contribution is -0.153. The van der Waals surface area contributed by atoms with E-state index in [1.54, 1.807) is 0 Å². The lowest BCUT2D eigenvalue weighted by atomic mass is 9.81. The normalized spacial score (nSPS) is 28.2. The molecule has 19 nitrogen and oxygen atoms in total. The van der Waals surface area contributed by atoms with E-state index in [0.717, 1.165) is 120 Å². The monoisotopic (exact) mass is 1800 g/mol. The van der Waals surface area contributed by atoms with Gasteiger partial charge in [0.1, 0.15) is 0 Å². The van der Waals surface area contributed by atoms with Crippen molar-refractivity contribution in [3.63, 3.8) is 0 Å². The number of ether oxygens (including phenoxy) is 9. The van der Waals surface area contributed by atoms with Crippen molar-refractivity contribution < 1.29 is 87.1 Å². The molecule has 6 fully saturated rings. The fourth-order valence-corrected chi connectivity index (χ4v) is 21.2. The summed E-state index contributed by atoms with van der Waals surface area (Å²) in [5, 5.41) is 9.63. The maximum absolute atomic E-state index is 12.2. The molecule has 0 saturated carbocycles. The second kappa shape index (κ2) is 49.0. The van der Waals surface area contributed by atoms with E-state index in [1.165, 1.54) is 22.3 Å². The Bertz CT molecular complexity index is 3520. The minimum Gasteiger partial charge on any atom is -0.465 e. The van der Waals surface area contributed by atoms with E-state index in [4.69, 9.17) is 77.2 Å². The number of hydrogen-bond acceptors (Lipinski definition) is 19. The third-order valence-electron chi connectivity index (χ3n) is 28.0. The summed E-state index contributed by atoms with van der Waals surface area (Å²) < 4.78 is 121. The van der Waals surface area contributed by atoms with Crippen LogP contribution in [0.25, 0.3) is 0 Å². The zero-order valence-corrected chi connectivity index (χ0v) is 85.0. The molecular weight excluding hydrogens is 1630 g/mol. The molecule has 6 heterocycles. The summed E-state index contributed by atoms with van der Waals surface area (Å²) in [6.45, 7) is 76.1. The standard InChI is InChI=1S/C50H86O8Si2.C45H78O7Si2.CH4.2O2S/c1-34-28-39(25-26-42-35(2)29-38(55-42)24-21-27-53-47(51)48(4,5)6)56-43(36(34)3)32-44-41(30-37-22-19-18-20-23-37)46(52-13)45(57-44)31-40(58-60(16,17)50(10,11)12)33-54-59(14,15)49(7,8)9;1-31-25-36(22-23-39-32(2)26-35(49-39)21-18-24-46)50-40(33(31)3)29-41-38(27-34-19-16-15-17-20-34)43(47-10)42(51-41)28-37(52-54(13,14)45(7,8)9)30-48-53(11,12)44(4,5)6;;2*1-3-2/h18-20,22-23,34,38-46H,2-3,21,24-33H2,1,4-17H3;15-17,19-20,31,35-43,46H,2-3,18,21-30H2,1,4-14H3;1H4;;/t34-,38+,39?,40+,41+,42+,43?,44+,45-,46-;31-,35+,36?,37+,38+,39+,40?,41+,42-,43-;;;/m11.../s1. The van der Waals surface area contributed by atoms with Gasteiger partial charge in [-0.1, -0.05) is 191 Å². The second-order valence-corrected chi connectivity index (χ2v) is 61.8. The molecule has 0 aliphatic carbocycles. The first-order valence-electron chi connectivity index (χ1n) is 44.7. The largest absolute Gasteiger partial charge is 0.465 e. The van der Waals surface area contributed by atoms with Crippen molar-refractivity contribution in [2.24, 2.45) is 29.1 Å². The lowest BCUT2D eigenvalue weighted by Gasteiger charge is -2.42. The average molecular weight is 1800 g/mol. The van der Waals surface area contributed by atoms with E-state index in [1.807, 2.05) is 35.0 Å². The molecule has 20 atom stereocenters. The van der Waals surface area contributed by atoms with Crippen LogP contribution < -0.4 is 0 Å². The van der Waals surface area contributed by atoms with Crippen molar-refractivity contribution in [1.82, 2.24) is 0 Å². The van der Waals surface area contributed by atoms with E-state index in [9.17, 15) is 9.90 Å². The molecule has 25 heteroatoms. The molecule has 0 aromatic heterocycles. The van der Waals surface area contributed by atoms with Gasteiger partial charge in [-0.25, -0.2) is 0 Å². The van der Waals surface area contributed by atoms with Gasteiger partial charge in [-0.2, -0.15) is 16.8 Å². The topological polar surface area (TPSA) is 226 Å². The van der Waals surface area contributed by atoms with Crippen molar-refractivity contribution in [2.75, 3.05) is 40.6 Å². The zero-order valence-electron chi connectivity index (χ0n) is 79.3. The summed E-state index contributed by atoms with van der Waals surface area (Å²) in [5.74, 6) is 0.815. The Kier molecular flexibility index (Phi) is 44.7. The minimum absolute atomic E-state index is 0. The molecule has 4 unspecified atom stereocenters. The fraction of sp³-hybridized carbons (Fsp3) is 0.781. The van der Waals surface area contributed by atoms with Crippen LogP contribution in [0.15, 0.2) is 109 Å². The number of carbonyl (C=O) groups excluding carboxylic acids is 1. The molecule has 6 saturated heterocycles. The molecule has 2 aromatic rings. The van der Waals surface area contributed by atoms with E-state index in [-0.39, 0.29) is 150 Å². The van der Waals surface area contributed by atoms with Crippen molar-refractivity contribution in [3.8, 4) is 0 Å². The minimum atomic E-state index is -2.14. The smallest absolute Gasteiger partial charge is 0.335 e. The molecule has 0 amide bonds.